The van der Waals surface area contributed by atoms with Crippen molar-refractivity contribution in [1.82, 2.24) is 19.1 Å². The number of piperazine rings is 1. The molecular weight excluding hydrogens is 465 g/mol. The van der Waals surface area contributed by atoms with Crippen molar-refractivity contribution >= 4 is 21.5 Å². The number of nitrogens with one attached hydrogen (secondary N) is 1. The fraction of sp³-hybridized carbons (Fsp3) is 0.579. The Morgan fingerprint density at radius 1 is 1.18 bits per heavy atom. The van der Waals surface area contributed by atoms with Crippen molar-refractivity contribution in [3.8, 4) is 0 Å². The van der Waals surface area contributed by atoms with Gasteiger partial charge < -0.3 is 19.5 Å². The minimum absolute atomic E-state index is 0.00361. The first-order valence-corrected chi connectivity index (χ1v) is 11.8. The highest BCUT2D eigenvalue weighted by molar-refractivity contribution is 7.89. The Hall–Kier alpha value is -2.58. The van der Waals surface area contributed by atoms with E-state index in [1.54, 1.807) is 0 Å². The van der Waals surface area contributed by atoms with Crippen LogP contribution in [0.15, 0.2) is 34.2 Å². The fourth-order valence-corrected chi connectivity index (χ4v) is 5.78. The quantitative estimate of drug-likeness (QED) is 0.676. The van der Waals surface area contributed by atoms with Crippen LogP contribution in [-0.2, 0) is 21.8 Å². The number of H-pyrrole nitrogens is 1. The lowest BCUT2D eigenvalue weighted by Gasteiger charge is -2.42. The lowest BCUT2D eigenvalue weighted by Crippen LogP contribution is -2.60. The topological polar surface area (TPSA) is 104 Å². The van der Waals surface area contributed by atoms with Crippen molar-refractivity contribution in [3.63, 3.8) is 0 Å². The molecule has 0 radical (unpaired) electrons. The van der Waals surface area contributed by atoms with Crippen LogP contribution in [0.2, 0.25) is 0 Å². The Morgan fingerprint density at radius 3 is 2.58 bits per heavy atom. The molecule has 2 unspecified atom stereocenters. The highest BCUT2D eigenvalue weighted by atomic mass is 32.2. The molecule has 2 aliphatic rings. The molecule has 4 heterocycles. The average molecular weight is 491 g/mol. The van der Waals surface area contributed by atoms with Crippen LogP contribution in [0.3, 0.4) is 0 Å². The summed E-state index contributed by atoms with van der Waals surface area (Å²) in [6, 6.07) is 1.91. The second-order valence-corrected chi connectivity index (χ2v) is 10.00. The molecule has 14 heteroatoms. The summed E-state index contributed by atoms with van der Waals surface area (Å²) in [7, 11) is -2.77. The molecule has 0 saturated carbocycles. The van der Waals surface area contributed by atoms with Crippen molar-refractivity contribution in [2.45, 2.75) is 30.2 Å². The van der Waals surface area contributed by atoms with Gasteiger partial charge in [-0.05, 0) is 13.0 Å². The summed E-state index contributed by atoms with van der Waals surface area (Å²) in [5, 5.41) is 3.62. The van der Waals surface area contributed by atoms with Crippen molar-refractivity contribution in [2.24, 2.45) is 7.05 Å². The minimum atomic E-state index is -4.74. The molecule has 0 aliphatic carbocycles. The molecule has 2 fully saturated rings. The lowest BCUT2D eigenvalue weighted by atomic mass is 10.1. The molecule has 2 atom stereocenters. The summed E-state index contributed by atoms with van der Waals surface area (Å²) in [5.74, 6) is -0.00361. The molecular formula is C19H25F3N6O4S. The molecule has 4 rings (SSSR count). The van der Waals surface area contributed by atoms with Crippen molar-refractivity contribution in [3.05, 3.63) is 34.7 Å². The van der Waals surface area contributed by atoms with Crippen LogP contribution in [0.5, 0.6) is 0 Å². The normalized spacial score (nSPS) is 23.2. The number of aromatic nitrogens is 3. The average Bonchev–Trinajstić information content (AvgIpc) is 3.19. The number of rotatable bonds is 4. The third-order valence-corrected chi connectivity index (χ3v) is 7.87. The van der Waals surface area contributed by atoms with Gasteiger partial charge in [0.05, 0.1) is 19.4 Å². The summed E-state index contributed by atoms with van der Waals surface area (Å²) in [6.07, 6.45) is -3.47. The van der Waals surface area contributed by atoms with E-state index in [1.807, 2.05) is 11.8 Å². The van der Waals surface area contributed by atoms with E-state index in [-0.39, 0.29) is 30.0 Å². The van der Waals surface area contributed by atoms with Gasteiger partial charge in [0.2, 0.25) is 0 Å². The number of sulfonamides is 1. The summed E-state index contributed by atoms with van der Waals surface area (Å²) >= 11 is 0. The number of nitrogens with zero attached hydrogens (tertiary/aromatic N) is 5. The van der Waals surface area contributed by atoms with Gasteiger partial charge in [-0.15, -0.1) is 0 Å². The van der Waals surface area contributed by atoms with E-state index in [0.717, 1.165) is 13.9 Å². The largest absolute Gasteiger partial charge is 0.410 e. The Labute approximate surface area is 188 Å². The van der Waals surface area contributed by atoms with Gasteiger partial charge in [-0.2, -0.15) is 22.6 Å². The number of aromatic amines is 1. The summed E-state index contributed by atoms with van der Waals surface area (Å²) in [5.41, 5.74) is -0.0394. The number of hydrogen-bond acceptors (Lipinski definition) is 7. The third-order valence-electron chi connectivity index (χ3n) is 5.92. The van der Waals surface area contributed by atoms with Crippen molar-refractivity contribution in [1.29, 1.82) is 0 Å². The van der Waals surface area contributed by atoms with Gasteiger partial charge in [-0.25, -0.2) is 8.42 Å². The van der Waals surface area contributed by atoms with Gasteiger partial charge in [0.15, 0.2) is 5.03 Å². The van der Waals surface area contributed by atoms with Gasteiger partial charge >= 0.3 is 6.18 Å². The lowest BCUT2D eigenvalue weighted by molar-refractivity contribution is -0.153. The molecule has 0 aromatic carbocycles. The smallest absolute Gasteiger partial charge is 0.377 e. The highest BCUT2D eigenvalue weighted by Crippen LogP contribution is 2.33. The van der Waals surface area contributed by atoms with Gasteiger partial charge in [-0.3, -0.25) is 9.48 Å². The Balaban J connectivity index is 1.66. The van der Waals surface area contributed by atoms with E-state index >= 15 is 0 Å². The second kappa shape index (κ2) is 8.65. The van der Waals surface area contributed by atoms with Gasteiger partial charge in [0.25, 0.3) is 15.6 Å². The van der Waals surface area contributed by atoms with Crippen LogP contribution in [0.4, 0.5) is 24.7 Å². The molecule has 2 aromatic heterocycles. The second-order valence-electron chi connectivity index (χ2n) is 8.11. The predicted molar refractivity (Wildman–Crippen MR) is 114 cm³/mol. The maximum atomic E-state index is 14.1. The first-order valence-electron chi connectivity index (χ1n) is 10.4. The summed E-state index contributed by atoms with van der Waals surface area (Å²) < 4.78 is 75.4. The number of anilines is 2. The van der Waals surface area contributed by atoms with Crippen molar-refractivity contribution < 1.29 is 26.3 Å². The number of ether oxygens (including phenoxy) is 1. The molecule has 0 spiro atoms. The van der Waals surface area contributed by atoms with Gasteiger partial charge in [0.1, 0.15) is 11.9 Å². The Morgan fingerprint density at radius 2 is 1.94 bits per heavy atom. The van der Waals surface area contributed by atoms with Crippen LogP contribution in [0, 0.1) is 0 Å². The standard InChI is InChI=1S/C19H25F3N6O4S/c1-13-12-32-8-7-27(13)14-9-16(24-17(29)10-14)28-6-5-26(11-15(28)19(20,21)22)33(30,31)18-3-4-23-25(18)2/h3-4,9-10,13,15H,5-8,11-12H2,1-2H3,(H,24,29). The number of hydrogen-bond donors (Lipinski definition) is 1. The number of halogens is 3. The molecule has 33 heavy (non-hydrogen) atoms. The van der Waals surface area contributed by atoms with E-state index in [1.165, 1.54) is 31.4 Å². The highest BCUT2D eigenvalue weighted by Gasteiger charge is 2.49. The van der Waals surface area contributed by atoms with Crippen LogP contribution in [-0.4, -0.2) is 85.1 Å². The molecule has 0 amide bonds. The predicted octanol–water partition coefficient (Wildman–Crippen LogP) is 0.775. The number of alkyl halides is 3. The molecule has 2 aromatic rings. The van der Waals surface area contributed by atoms with Crippen molar-refractivity contribution in [2.75, 3.05) is 49.2 Å². The van der Waals surface area contributed by atoms with Gasteiger partial charge in [0, 0.05) is 57.1 Å². The maximum Gasteiger partial charge on any atom is 0.410 e. The number of morpholine rings is 1. The van der Waals surface area contributed by atoms with E-state index in [0.29, 0.717) is 25.4 Å². The number of pyridine rings is 1. The SMILES string of the molecule is CC1COCCN1c1cc(N2CCN(S(=O)(=O)c3ccnn3C)CC2C(F)(F)F)[nH]c(=O)c1. The monoisotopic (exact) mass is 490 g/mol. The van der Waals surface area contributed by atoms with E-state index < -0.39 is 34.3 Å². The summed E-state index contributed by atoms with van der Waals surface area (Å²) in [6.45, 7) is 2.06. The first-order chi connectivity index (χ1) is 15.5. The maximum absolute atomic E-state index is 14.1. The van der Waals surface area contributed by atoms with E-state index in [4.69, 9.17) is 4.74 Å². The zero-order chi connectivity index (χ0) is 24.0. The van der Waals surface area contributed by atoms with Gasteiger partial charge in [-0.1, -0.05) is 0 Å². The molecule has 1 N–H and O–H groups in total. The fourth-order valence-electron chi connectivity index (χ4n) is 4.24. The minimum Gasteiger partial charge on any atom is -0.377 e. The molecule has 2 saturated heterocycles. The molecule has 2 aliphatic heterocycles. The third kappa shape index (κ3) is 4.59. The zero-order valence-electron chi connectivity index (χ0n) is 18.1. The van der Waals surface area contributed by atoms with Crippen LogP contribution in [0.25, 0.3) is 0 Å². The van der Waals surface area contributed by atoms with Crippen LogP contribution in [0.1, 0.15) is 6.92 Å². The van der Waals surface area contributed by atoms with E-state index in [9.17, 15) is 26.4 Å². The first kappa shape index (κ1) is 23.6. The summed E-state index contributed by atoms with van der Waals surface area (Å²) in [4.78, 5) is 17.8. The number of aryl methyl sites for hydroxylation is 1. The molecule has 0 bridgehead atoms. The Kier molecular flexibility index (Phi) is 6.18. The van der Waals surface area contributed by atoms with Crippen LogP contribution < -0.4 is 15.4 Å². The van der Waals surface area contributed by atoms with E-state index in [2.05, 4.69) is 10.1 Å². The zero-order valence-corrected chi connectivity index (χ0v) is 18.9. The Bertz CT molecular complexity index is 1160. The van der Waals surface area contributed by atoms with Crippen LogP contribution >= 0.6 is 0 Å². The molecule has 10 nitrogen and oxygen atoms in total. The molecule has 182 valence electrons.